The van der Waals surface area contributed by atoms with E-state index in [4.69, 9.17) is 12.6 Å². The number of unbranched alkanes of at least 4 members (excludes halogenated alkanes) is 7. The summed E-state index contributed by atoms with van der Waals surface area (Å²) in [5.41, 5.74) is 0. The summed E-state index contributed by atoms with van der Waals surface area (Å²) in [4.78, 5) is 0. The lowest BCUT2D eigenvalue weighted by Gasteiger charge is -1.98. The van der Waals surface area contributed by atoms with Crippen molar-refractivity contribution in [2.24, 2.45) is 0 Å². The normalized spacial score (nSPS) is 10.1. The van der Waals surface area contributed by atoms with Gasteiger partial charge in [-0.1, -0.05) is 50.8 Å². The zero-order valence-electron chi connectivity index (χ0n) is 8.06. The average Bonchev–Trinajstić information content (AvgIpc) is 2.10. The number of rotatable bonds is 9. The van der Waals surface area contributed by atoms with E-state index in [-0.39, 0.29) is 0 Å². The van der Waals surface area contributed by atoms with Crippen LogP contribution in [0.3, 0.4) is 0 Å². The molecule has 0 aliphatic carbocycles. The van der Waals surface area contributed by atoms with Crippen LogP contribution < -0.4 is 0 Å². The summed E-state index contributed by atoms with van der Waals surface area (Å²) in [6, 6.07) is 0. The Bertz CT molecular complexity index is 89.0. The highest BCUT2D eigenvalue weighted by molar-refractivity contribution is 7.80. The molecule has 0 spiro atoms. The summed E-state index contributed by atoms with van der Waals surface area (Å²) in [5, 5.41) is 0. The second-order valence-electron chi connectivity index (χ2n) is 3.26. The SMILES string of the molecule is C=CCCCCCCCCC[S]. The van der Waals surface area contributed by atoms with E-state index in [9.17, 15) is 0 Å². The maximum atomic E-state index is 4.88. The van der Waals surface area contributed by atoms with E-state index in [2.05, 4.69) is 6.58 Å². The molecular weight excluding hydrogens is 164 g/mol. The molecule has 0 atom stereocenters. The summed E-state index contributed by atoms with van der Waals surface area (Å²) >= 11 is 4.88. The van der Waals surface area contributed by atoms with Crippen molar-refractivity contribution >= 4 is 12.6 Å². The van der Waals surface area contributed by atoms with Crippen LogP contribution in [-0.4, -0.2) is 5.75 Å². The van der Waals surface area contributed by atoms with Gasteiger partial charge in [-0.3, -0.25) is 0 Å². The number of hydrogen-bond donors (Lipinski definition) is 0. The van der Waals surface area contributed by atoms with Crippen LogP contribution in [0.2, 0.25) is 0 Å². The van der Waals surface area contributed by atoms with E-state index in [1.54, 1.807) is 0 Å². The van der Waals surface area contributed by atoms with Crippen LogP contribution in [0.15, 0.2) is 12.7 Å². The molecule has 0 rings (SSSR count). The molecule has 0 N–H and O–H groups in total. The molecule has 71 valence electrons. The number of hydrogen-bond acceptors (Lipinski definition) is 0. The summed E-state index contributed by atoms with van der Waals surface area (Å²) in [6.07, 6.45) is 12.6. The topological polar surface area (TPSA) is 0 Å². The van der Waals surface area contributed by atoms with Crippen molar-refractivity contribution < 1.29 is 0 Å². The molecule has 0 aromatic heterocycles. The molecular formula is C11H21S. The molecule has 12 heavy (non-hydrogen) atoms. The van der Waals surface area contributed by atoms with Crippen molar-refractivity contribution in [1.29, 1.82) is 0 Å². The molecule has 0 aromatic carbocycles. The lowest BCUT2D eigenvalue weighted by Crippen LogP contribution is -1.80. The molecule has 0 aliphatic rings. The Morgan fingerprint density at radius 3 is 1.83 bits per heavy atom. The van der Waals surface area contributed by atoms with E-state index in [1.807, 2.05) is 6.08 Å². The smallest absolute Gasteiger partial charge is 0.00369 e. The predicted molar refractivity (Wildman–Crippen MR) is 59.6 cm³/mol. The zero-order valence-corrected chi connectivity index (χ0v) is 8.87. The minimum atomic E-state index is 0.941. The summed E-state index contributed by atoms with van der Waals surface area (Å²) in [5.74, 6) is 0.941. The Morgan fingerprint density at radius 1 is 0.833 bits per heavy atom. The first-order chi connectivity index (χ1) is 5.91. The molecule has 0 amide bonds. The quantitative estimate of drug-likeness (QED) is 0.367. The van der Waals surface area contributed by atoms with Crippen LogP contribution in [0.5, 0.6) is 0 Å². The first kappa shape index (κ1) is 12.1. The third-order valence-corrected chi connectivity index (χ3v) is 2.34. The Balaban J connectivity index is 2.77. The minimum absolute atomic E-state index is 0.941. The van der Waals surface area contributed by atoms with Gasteiger partial charge < -0.3 is 0 Å². The van der Waals surface area contributed by atoms with Gasteiger partial charge in [0.15, 0.2) is 0 Å². The Labute approximate surface area is 82.9 Å². The lowest BCUT2D eigenvalue weighted by molar-refractivity contribution is 0.594. The van der Waals surface area contributed by atoms with Gasteiger partial charge in [0, 0.05) is 5.75 Å². The zero-order chi connectivity index (χ0) is 9.07. The third kappa shape index (κ3) is 10.1. The Morgan fingerprint density at radius 2 is 1.33 bits per heavy atom. The fourth-order valence-electron chi connectivity index (χ4n) is 1.27. The molecule has 0 fully saturated rings. The summed E-state index contributed by atoms with van der Waals surface area (Å²) in [6.45, 7) is 3.71. The highest BCUT2D eigenvalue weighted by Gasteiger charge is 1.89. The van der Waals surface area contributed by atoms with E-state index in [1.165, 1.54) is 51.4 Å². The van der Waals surface area contributed by atoms with Crippen LogP contribution in [0.1, 0.15) is 51.4 Å². The van der Waals surface area contributed by atoms with Crippen LogP contribution in [-0.2, 0) is 0 Å². The molecule has 0 aliphatic heterocycles. The largest absolute Gasteiger partial charge is 0.103 e. The highest BCUT2D eigenvalue weighted by Crippen LogP contribution is 2.08. The molecule has 0 bridgehead atoms. The van der Waals surface area contributed by atoms with E-state index < -0.39 is 0 Å². The molecule has 0 aromatic rings. The Kier molecular flexibility index (Phi) is 11.2. The van der Waals surface area contributed by atoms with Crippen molar-refractivity contribution in [1.82, 2.24) is 0 Å². The van der Waals surface area contributed by atoms with Gasteiger partial charge in [0.25, 0.3) is 0 Å². The van der Waals surface area contributed by atoms with Gasteiger partial charge in [-0.25, -0.2) is 0 Å². The molecule has 1 radical (unpaired) electrons. The van der Waals surface area contributed by atoms with Gasteiger partial charge in [-0.2, -0.15) is 0 Å². The standard InChI is InChI=1S/C11H21S/c1-2-3-4-5-6-7-8-9-10-11-12/h2H,1,3-11H2. The molecule has 0 nitrogen and oxygen atoms in total. The molecule has 0 unspecified atom stereocenters. The second-order valence-corrected chi connectivity index (χ2v) is 3.66. The molecule has 0 heterocycles. The van der Waals surface area contributed by atoms with Crippen molar-refractivity contribution in [3.8, 4) is 0 Å². The van der Waals surface area contributed by atoms with Crippen molar-refractivity contribution in [2.45, 2.75) is 51.4 Å². The van der Waals surface area contributed by atoms with Crippen LogP contribution in [0, 0.1) is 0 Å². The Hall–Kier alpha value is 0.0900. The van der Waals surface area contributed by atoms with E-state index in [0.717, 1.165) is 5.75 Å². The second kappa shape index (κ2) is 11.1. The van der Waals surface area contributed by atoms with Crippen molar-refractivity contribution in [2.75, 3.05) is 5.75 Å². The van der Waals surface area contributed by atoms with Crippen molar-refractivity contribution in [3.05, 3.63) is 12.7 Å². The third-order valence-electron chi connectivity index (χ3n) is 2.05. The van der Waals surface area contributed by atoms with Crippen LogP contribution >= 0.6 is 12.6 Å². The number of allylic oxidation sites excluding steroid dienone is 1. The fourth-order valence-corrected chi connectivity index (χ4v) is 1.48. The summed E-state index contributed by atoms with van der Waals surface area (Å²) in [7, 11) is 0. The van der Waals surface area contributed by atoms with E-state index in [0.29, 0.717) is 0 Å². The molecule has 0 saturated carbocycles. The molecule has 1 heteroatoms. The first-order valence-corrected chi connectivity index (χ1v) is 5.68. The average molecular weight is 185 g/mol. The lowest BCUT2D eigenvalue weighted by atomic mass is 10.1. The van der Waals surface area contributed by atoms with Gasteiger partial charge in [0.05, 0.1) is 0 Å². The van der Waals surface area contributed by atoms with Gasteiger partial charge in [-0.15, -0.1) is 6.58 Å². The first-order valence-electron chi connectivity index (χ1n) is 5.11. The van der Waals surface area contributed by atoms with E-state index >= 15 is 0 Å². The summed E-state index contributed by atoms with van der Waals surface area (Å²) < 4.78 is 0. The molecule has 0 saturated heterocycles. The maximum Gasteiger partial charge on any atom is 0.00369 e. The van der Waals surface area contributed by atoms with Crippen molar-refractivity contribution in [3.63, 3.8) is 0 Å². The van der Waals surface area contributed by atoms with Crippen LogP contribution in [0.4, 0.5) is 0 Å². The van der Waals surface area contributed by atoms with Crippen LogP contribution in [0.25, 0.3) is 0 Å². The minimum Gasteiger partial charge on any atom is -0.103 e. The van der Waals surface area contributed by atoms with Gasteiger partial charge >= 0.3 is 0 Å². The fraction of sp³-hybridized carbons (Fsp3) is 0.818. The monoisotopic (exact) mass is 185 g/mol. The van der Waals surface area contributed by atoms with Gasteiger partial charge in [0.1, 0.15) is 0 Å². The van der Waals surface area contributed by atoms with Gasteiger partial charge in [-0.05, 0) is 19.3 Å². The predicted octanol–water partition coefficient (Wildman–Crippen LogP) is 4.49. The van der Waals surface area contributed by atoms with Gasteiger partial charge in [0.2, 0.25) is 0 Å². The highest BCUT2D eigenvalue weighted by atomic mass is 32.1. The maximum absolute atomic E-state index is 4.88.